The summed E-state index contributed by atoms with van der Waals surface area (Å²) in [6.45, 7) is 0. The Labute approximate surface area is 285 Å². The molecule has 0 unspecified atom stereocenters. The fourth-order valence-electron chi connectivity index (χ4n) is 8.32. The molecule has 1 aliphatic carbocycles. The van der Waals surface area contributed by atoms with Gasteiger partial charge in [0.2, 0.25) is 0 Å². The fourth-order valence-corrected chi connectivity index (χ4v) is 9.45. The summed E-state index contributed by atoms with van der Waals surface area (Å²) < 4.78 is 0. The number of hydrogen-bond acceptors (Lipinski definition) is 1. The van der Waals surface area contributed by atoms with Crippen LogP contribution in [-0.2, 0) is 5.41 Å². The second-order valence-corrected chi connectivity index (χ2v) is 13.9. The SMILES string of the molecule is c1ccc(C2(c3ccccc3)c3ccccc3-c3c(-c4ccc(-c5ccc6c(c5)-c5cccc7cccc(c57)S6)cc4)cccc32)cc1. The lowest BCUT2D eigenvalue weighted by atomic mass is 9.67. The van der Waals surface area contributed by atoms with Crippen molar-refractivity contribution >= 4 is 22.5 Å². The first-order valence-corrected chi connectivity index (χ1v) is 17.4. The Morgan fingerprint density at radius 1 is 0.354 bits per heavy atom. The highest BCUT2D eigenvalue weighted by Gasteiger charge is 2.46. The molecule has 2 aliphatic rings. The third kappa shape index (κ3) is 3.92. The molecule has 224 valence electrons. The predicted octanol–water partition coefficient (Wildman–Crippen LogP) is 12.7. The Morgan fingerprint density at radius 3 is 1.71 bits per heavy atom. The molecule has 1 aliphatic heterocycles. The third-order valence-electron chi connectivity index (χ3n) is 10.4. The van der Waals surface area contributed by atoms with E-state index >= 15 is 0 Å². The molecule has 0 nitrogen and oxygen atoms in total. The van der Waals surface area contributed by atoms with E-state index in [0.29, 0.717) is 0 Å². The van der Waals surface area contributed by atoms with Crippen molar-refractivity contribution in [1.29, 1.82) is 0 Å². The first-order chi connectivity index (χ1) is 23.8. The monoisotopic (exact) mass is 626 g/mol. The summed E-state index contributed by atoms with van der Waals surface area (Å²) in [7, 11) is 0. The molecular weight excluding hydrogens is 597 g/mol. The zero-order valence-corrected chi connectivity index (χ0v) is 27.0. The minimum absolute atomic E-state index is 0.396. The topological polar surface area (TPSA) is 0 Å². The van der Waals surface area contributed by atoms with Crippen molar-refractivity contribution in [2.24, 2.45) is 0 Å². The third-order valence-corrected chi connectivity index (χ3v) is 11.5. The summed E-state index contributed by atoms with van der Waals surface area (Å²) in [6.07, 6.45) is 0. The molecule has 8 aromatic carbocycles. The van der Waals surface area contributed by atoms with Crippen molar-refractivity contribution in [1.82, 2.24) is 0 Å². The first-order valence-electron chi connectivity index (χ1n) is 16.6. The number of hydrogen-bond donors (Lipinski definition) is 0. The highest BCUT2D eigenvalue weighted by Crippen LogP contribution is 2.58. The molecule has 0 N–H and O–H groups in total. The lowest BCUT2D eigenvalue weighted by molar-refractivity contribution is 0.768. The van der Waals surface area contributed by atoms with E-state index < -0.39 is 5.41 Å². The van der Waals surface area contributed by atoms with Crippen LogP contribution < -0.4 is 0 Å². The van der Waals surface area contributed by atoms with E-state index in [1.165, 1.54) is 87.3 Å². The highest BCUT2D eigenvalue weighted by molar-refractivity contribution is 7.99. The molecule has 0 bridgehead atoms. The van der Waals surface area contributed by atoms with Gasteiger partial charge >= 0.3 is 0 Å². The maximum absolute atomic E-state index is 2.38. The van der Waals surface area contributed by atoms with Gasteiger partial charge in [0, 0.05) is 15.2 Å². The van der Waals surface area contributed by atoms with Gasteiger partial charge in [-0.05, 0) is 90.3 Å². The van der Waals surface area contributed by atoms with E-state index in [1.54, 1.807) is 0 Å². The molecule has 8 aromatic rings. The average molecular weight is 627 g/mol. The molecule has 0 fully saturated rings. The standard InChI is InChI=1S/C47H30S/c1-3-14-35(15-4-1)47(36-16-5-2-6-17-36)41-21-8-7-18-39(41)46-37(19-11-22-42(46)47)32-26-24-31(25-27-32)34-28-29-43-40(30-34)38-20-9-12-33-13-10-23-44(48-43)45(33)38/h1-30H. The number of fused-ring (bicyclic) bond motifs is 5. The predicted molar refractivity (Wildman–Crippen MR) is 202 cm³/mol. The van der Waals surface area contributed by atoms with Crippen molar-refractivity contribution in [3.63, 3.8) is 0 Å². The van der Waals surface area contributed by atoms with Crippen LogP contribution in [0, 0.1) is 0 Å². The minimum atomic E-state index is -0.396. The molecule has 1 heteroatoms. The zero-order valence-electron chi connectivity index (χ0n) is 26.2. The van der Waals surface area contributed by atoms with Gasteiger partial charge in [0.05, 0.1) is 5.41 Å². The van der Waals surface area contributed by atoms with E-state index in [2.05, 4.69) is 182 Å². The molecule has 48 heavy (non-hydrogen) atoms. The van der Waals surface area contributed by atoms with E-state index in [-0.39, 0.29) is 0 Å². The first kappa shape index (κ1) is 27.5. The van der Waals surface area contributed by atoms with Gasteiger partial charge in [-0.1, -0.05) is 176 Å². The summed E-state index contributed by atoms with van der Waals surface area (Å²) in [5.74, 6) is 0. The van der Waals surface area contributed by atoms with Crippen molar-refractivity contribution in [3.8, 4) is 44.5 Å². The molecule has 0 atom stereocenters. The average Bonchev–Trinajstić information content (AvgIpc) is 3.47. The van der Waals surface area contributed by atoms with Crippen LogP contribution in [0.1, 0.15) is 22.3 Å². The largest absolute Gasteiger partial charge is 0.0888 e. The second-order valence-electron chi connectivity index (χ2n) is 12.8. The van der Waals surface area contributed by atoms with Crippen LogP contribution >= 0.6 is 11.8 Å². The zero-order chi connectivity index (χ0) is 31.7. The van der Waals surface area contributed by atoms with Gasteiger partial charge in [0.25, 0.3) is 0 Å². The lowest BCUT2D eigenvalue weighted by Gasteiger charge is -2.34. The normalized spacial score (nSPS) is 13.5. The molecule has 0 saturated heterocycles. The molecule has 0 spiro atoms. The number of rotatable bonds is 4. The van der Waals surface area contributed by atoms with Crippen molar-refractivity contribution in [2.45, 2.75) is 15.2 Å². The van der Waals surface area contributed by atoms with E-state index in [4.69, 9.17) is 0 Å². The summed E-state index contributed by atoms with van der Waals surface area (Å²) in [5.41, 5.74) is 15.1. The molecule has 0 amide bonds. The highest BCUT2D eigenvalue weighted by atomic mass is 32.2. The molecule has 1 heterocycles. The Hall–Kier alpha value is -5.63. The molecule has 0 aromatic heterocycles. The fraction of sp³-hybridized carbons (Fsp3) is 0.0213. The Bertz CT molecular complexity index is 2460. The van der Waals surface area contributed by atoms with Crippen molar-refractivity contribution in [2.75, 3.05) is 0 Å². The van der Waals surface area contributed by atoms with Gasteiger partial charge < -0.3 is 0 Å². The Morgan fingerprint density at radius 2 is 0.938 bits per heavy atom. The summed E-state index contributed by atoms with van der Waals surface area (Å²) in [5, 5.41) is 2.67. The molecule has 10 rings (SSSR count). The van der Waals surface area contributed by atoms with Crippen molar-refractivity contribution < 1.29 is 0 Å². The van der Waals surface area contributed by atoms with Crippen molar-refractivity contribution in [3.05, 3.63) is 204 Å². The van der Waals surface area contributed by atoms with Crippen LogP contribution in [0.2, 0.25) is 0 Å². The van der Waals surface area contributed by atoms with Crippen LogP contribution in [0.15, 0.2) is 192 Å². The summed E-state index contributed by atoms with van der Waals surface area (Å²) >= 11 is 1.88. The smallest absolute Gasteiger partial charge is 0.0713 e. The molecule has 0 radical (unpaired) electrons. The van der Waals surface area contributed by atoms with Crippen LogP contribution in [0.4, 0.5) is 0 Å². The quantitative estimate of drug-likeness (QED) is 0.187. The summed E-state index contributed by atoms with van der Waals surface area (Å²) in [4.78, 5) is 2.66. The van der Waals surface area contributed by atoms with Crippen LogP contribution in [0.25, 0.3) is 55.3 Å². The van der Waals surface area contributed by atoms with Gasteiger partial charge in [0.15, 0.2) is 0 Å². The number of benzene rings is 8. The van der Waals surface area contributed by atoms with Crippen LogP contribution in [0.5, 0.6) is 0 Å². The van der Waals surface area contributed by atoms with E-state index in [0.717, 1.165) is 0 Å². The second kappa shape index (κ2) is 10.7. The van der Waals surface area contributed by atoms with E-state index in [9.17, 15) is 0 Å². The van der Waals surface area contributed by atoms with E-state index in [1.807, 2.05) is 11.8 Å². The van der Waals surface area contributed by atoms with Crippen LogP contribution in [0.3, 0.4) is 0 Å². The van der Waals surface area contributed by atoms with Gasteiger partial charge in [-0.25, -0.2) is 0 Å². The molecular formula is C47H30S. The minimum Gasteiger partial charge on any atom is -0.0888 e. The molecule has 0 saturated carbocycles. The maximum Gasteiger partial charge on any atom is 0.0713 e. The van der Waals surface area contributed by atoms with Crippen LogP contribution in [-0.4, -0.2) is 0 Å². The Kier molecular flexibility index (Phi) is 6.13. The maximum atomic E-state index is 2.38. The van der Waals surface area contributed by atoms with Gasteiger partial charge in [-0.15, -0.1) is 0 Å². The van der Waals surface area contributed by atoms with Gasteiger partial charge in [-0.2, -0.15) is 0 Å². The lowest BCUT2D eigenvalue weighted by Crippen LogP contribution is -2.28. The summed E-state index contributed by atoms with van der Waals surface area (Å²) in [6, 6.07) is 67.4. The Balaban J connectivity index is 1.11. The van der Waals surface area contributed by atoms with Gasteiger partial charge in [-0.3, -0.25) is 0 Å². The van der Waals surface area contributed by atoms with Gasteiger partial charge in [0.1, 0.15) is 0 Å².